The number of esters is 3. The molecule has 4 N–H and O–H groups in total. The molecule has 0 rings (SSSR count). The minimum absolute atomic E-state index is 0.0275. The maximum Gasteiger partial charge on any atom is 0.318 e. The first-order valence-corrected chi connectivity index (χ1v) is 14.9. The van der Waals surface area contributed by atoms with Crippen molar-refractivity contribution in [3.05, 3.63) is 0 Å². The van der Waals surface area contributed by atoms with E-state index in [1.807, 2.05) is 6.07 Å². The van der Waals surface area contributed by atoms with E-state index in [2.05, 4.69) is 47.4 Å². The second kappa shape index (κ2) is 33.3. The zero-order chi connectivity index (χ0) is 32.8. The minimum atomic E-state index is -0.627. The maximum atomic E-state index is 10.9. The standard InChI is InChI=1S/C9H15NO3.2C6H12O3S.C5H12O2S/c1-7(5-10)3-4-9(12)13-6-8(2)11;1-4(7)3-9-6(8)5(2)10;1-5(7)4-9-6(8)2-3-10;1-5(6)4-7-2-3-8/h7-8,11H,3-4,6H2,1-2H3;4-5,7,10H,3H2,1-2H3;5,7,10H,2-4H2,1H3;5-6,8H,2-4H2,1H3. The van der Waals surface area contributed by atoms with Crippen molar-refractivity contribution in [3.63, 3.8) is 0 Å². The van der Waals surface area contributed by atoms with Crippen LogP contribution in [0.4, 0.5) is 0 Å². The van der Waals surface area contributed by atoms with Crippen LogP contribution in [0.5, 0.6) is 0 Å². The van der Waals surface area contributed by atoms with Crippen molar-refractivity contribution in [2.45, 2.75) is 90.5 Å². The average Bonchev–Trinajstić information content (AvgIpc) is 2.89. The number of carbonyl (C=O) groups is 3. The van der Waals surface area contributed by atoms with Crippen LogP contribution in [0.1, 0.15) is 60.8 Å². The molecular weight excluding hydrogens is 598 g/mol. The lowest BCUT2D eigenvalue weighted by Gasteiger charge is -2.07. The molecule has 15 heteroatoms. The number of carbonyl (C=O) groups excluding carboxylic acids is 3. The molecule has 0 saturated heterocycles. The van der Waals surface area contributed by atoms with Crippen LogP contribution in [-0.4, -0.2) is 113 Å². The predicted molar refractivity (Wildman–Crippen MR) is 165 cm³/mol. The molecule has 0 aliphatic carbocycles. The molecule has 0 heterocycles. The Morgan fingerprint density at radius 3 is 1.46 bits per heavy atom. The topological polar surface area (TPSA) is 193 Å². The van der Waals surface area contributed by atoms with Crippen molar-refractivity contribution >= 4 is 55.8 Å². The lowest BCUT2D eigenvalue weighted by molar-refractivity contribution is -0.147. The second-order valence-corrected chi connectivity index (χ2v) is 10.6. The van der Waals surface area contributed by atoms with Crippen LogP contribution in [0.3, 0.4) is 0 Å². The van der Waals surface area contributed by atoms with E-state index in [-0.39, 0.29) is 50.2 Å². The number of hydrogen-bond donors (Lipinski definition) is 7. The first-order chi connectivity index (χ1) is 19.0. The molecule has 41 heavy (non-hydrogen) atoms. The molecule has 0 aromatic heterocycles. The Bertz CT molecular complexity index is 674. The fourth-order valence-electron chi connectivity index (χ4n) is 1.70. The molecule has 0 bridgehead atoms. The highest BCUT2D eigenvalue weighted by molar-refractivity contribution is 7.81. The normalized spacial score (nSPS) is 14.2. The number of nitriles is 1. The Hall–Kier alpha value is -1.25. The van der Waals surface area contributed by atoms with E-state index >= 15 is 0 Å². The van der Waals surface area contributed by atoms with Crippen LogP contribution in [-0.2, 0) is 33.3 Å². The van der Waals surface area contributed by atoms with Gasteiger partial charge in [0.05, 0.1) is 55.4 Å². The number of aliphatic hydroxyl groups is 4. The van der Waals surface area contributed by atoms with Gasteiger partial charge in [0.1, 0.15) is 19.8 Å². The van der Waals surface area contributed by atoms with E-state index in [1.165, 1.54) is 0 Å². The number of aliphatic hydroxyl groups excluding tert-OH is 4. The number of hydrogen-bond acceptors (Lipinski definition) is 15. The first kappa shape index (κ1) is 46.7. The molecule has 6 atom stereocenters. The van der Waals surface area contributed by atoms with Gasteiger partial charge in [-0.1, -0.05) is 0 Å². The van der Waals surface area contributed by atoms with Crippen LogP contribution in [0.15, 0.2) is 0 Å². The van der Waals surface area contributed by atoms with Gasteiger partial charge in [0.2, 0.25) is 0 Å². The van der Waals surface area contributed by atoms with Crippen molar-refractivity contribution in [1.29, 1.82) is 5.26 Å². The van der Waals surface area contributed by atoms with E-state index in [0.29, 0.717) is 37.6 Å². The summed E-state index contributed by atoms with van der Waals surface area (Å²) in [4.78, 5) is 32.1. The molecule has 0 amide bonds. The highest BCUT2D eigenvalue weighted by Gasteiger charge is 2.10. The summed E-state index contributed by atoms with van der Waals surface area (Å²) >= 11 is 11.6. The van der Waals surface area contributed by atoms with Crippen molar-refractivity contribution in [2.24, 2.45) is 5.92 Å². The molecule has 0 spiro atoms. The molecule has 0 aromatic rings. The van der Waals surface area contributed by atoms with Crippen molar-refractivity contribution in [1.82, 2.24) is 0 Å². The highest BCUT2D eigenvalue weighted by Crippen LogP contribution is 2.04. The van der Waals surface area contributed by atoms with E-state index in [0.717, 1.165) is 0 Å². The Labute approximate surface area is 261 Å². The van der Waals surface area contributed by atoms with Crippen LogP contribution in [0.25, 0.3) is 0 Å². The van der Waals surface area contributed by atoms with E-state index in [9.17, 15) is 14.4 Å². The lowest BCUT2D eigenvalue weighted by atomic mass is 10.1. The molecule has 6 unspecified atom stereocenters. The van der Waals surface area contributed by atoms with Crippen molar-refractivity contribution in [3.8, 4) is 6.07 Å². The Kier molecular flexibility index (Phi) is 37.9. The third-order valence-corrected chi connectivity index (χ3v) is 4.31. The monoisotopic (exact) mass is 649 g/mol. The second-order valence-electron chi connectivity index (χ2n) is 8.91. The van der Waals surface area contributed by atoms with Gasteiger partial charge in [-0.25, -0.2) is 0 Å². The fraction of sp³-hybridized carbons (Fsp3) is 0.846. The number of ether oxygens (including phenoxy) is 4. The zero-order valence-corrected chi connectivity index (χ0v) is 27.7. The minimum Gasteiger partial charge on any atom is -0.463 e. The Balaban J connectivity index is -0.000000226. The van der Waals surface area contributed by atoms with Gasteiger partial charge in [0.25, 0.3) is 0 Å². The number of thiol groups is 3. The molecule has 0 aliphatic heterocycles. The molecule has 0 fully saturated rings. The summed E-state index contributed by atoms with van der Waals surface area (Å²) in [6.07, 6.45) is -1.11. The van der Waals surface area contributed by atoms with Gasteiger partial charge < -0.3 is 39.4 Å². The summed E-state index contributed by atoms with van der Waals surface area (Å²) in [5, 5.41) is 42.8. The first-order valence-electron chi connectivity index (χ1n) is 13.1. The fourth-order valence-corrected chi connectivity index (χ4v) is 2.09. The highest BCUT2D eigenvalue weighted by atomic mass is 32.1. The van der Waals surface area contributed by atoms with E-state index in [1.54, 1.807) is 41.5 Å². The quantitative estimate of drug-likeness (QED) is 0.0554. The van der Waals surface area contributed by atoms with Gasteiger partial charge in [0, 0.05) is 23.8 Å². The average molecular weight is 650 g/mol. The smallest absolute Gasteiger partial charge is 0.318 e. The molecule has 0 aromatic carbocycles. The van der Waals surface area contributed by atoms with Crippen molar-refractivity contribution in [2.75, 3.05) is 44.5 Å². The number of nitrogens with zero attached hydrogens (tertiary/aromatic N) is 1. The molecular formula is C26H51NO11S3. The molecule has 0 aliphatic rings. The van der Waals surface area contributed by atoms with E-state index < -0.39 is 29.5 Å². The van der Waals surface area contributed by atoms with Gasteiger partial charge in [0.15, 0.2) is 0 Å². The summed E-state index contributed by atoms with van der Waals surface area (Å²) in [7, 11) is 0. The zero-order valence-electron chi connectivity index (χ0n) is 25.0. The van der Waals surface area contributed by atoms with Crippen LogP contribution in [0.2, 0.25) is 0 Å². The van der Waals surface area contributed by atoms with Gasteiger partial charge in [-0.05, 0) is 48.0 Å². The van der Waals surface area contributed by atoms with Gasteiger partial charge in [-0.3, -0.25) is 14.4 Å². The summed E-state index contributed by atoms with van der Waals surface area (Å²) in [6.45, 7) is 10.9. The molecule has 12 nitrogen and oxygen atoms in total. The van der Waals surface area contributed by atoms with Crippen LogP contribution < -0.4 is 0 Å². The summed E-state index contributed by atoms with van der Waals surface area (Å²) in [5.41, 5.74) is 0. The van der Waals surface area contributed by atoms with Gasteiger partial charge >= 0.3 is 17.9 Å². The lowest BCUT2D eigenvalue weighted by Crippen LogP contribution is -2.20. The van der Waals surface area contributed by atoms with Gasteiger partial charge in [-0.2, -0.15) is 43.1 Å². The SMILES string of the molecule is CC(O)COC(=O)C(C)S.CC(O)COC(=O)CCC(C)C#N.CC(O)COC(=O)CCS.CC(O)COCCS. The van der Waals surface area contributed by atoms with Crippen LogP contribution in [0, 0.1) is 17.2 Å². The third kappa shape index (κ3) is 48.8. The van der Waals surface area contributed by atoms with E-state index in [4.69, 9.17) is 35.2 Å². The summed E-state index contributed by atoms with van der Waals surface area (Å²) in [6, 6.07) is 2.03. The third-order valence-electron chi connectivity index (χ3n) is 3.69. The van der Waals surface area contributed by atoms with Gasteiger partial charge in [-0.15, -0.1) is 0 Å². The summed E-state index contributed by atoms with van der Waals surface area (Å²) in [5.74, 6) is 0.00739. The molecule has 0 saturated carbocycles. The maximum absolute atomic E-state index is 10.9. The largest absolute Gasteiger partial charge is 0.463 e. The Morgan fingerprint density at radius 1 is 0.707 bits per heavy atom. The van der Waals surface area contributed by atoms with Crippen LogP contribution >= 0.6 is 37.9 Å². The summed E-state index contributed by atoms with van der Waals surface area (Å²) < 4.78 is 18.8. The Morgan fingerprint density at radius 2 is 1.12 bits per heavy atom. The molecule has 244 valence electrons. The molecule has 0 radical (unpaired) electrons. The number of rotatable bonds is 16. The van der Waals surface area contributed by atoms with Crippen molar-refractivity contribution < 1.29 is 53.8 Å². The predicted octanol–water partition coefficient (Wildman–Crippen LogP) is 1.62.